The summed E-state index contributed by atoms with van der Waals surface area (Å²) in [5.74, 6) is -1.33. The van der Waals surface area contributed by atoms with Crippen LogP contribution in [-0.4, -0.2) is 33.1 Å². The number of nitrogens with zero attached hydrogens (tertiary/aromatic N) is 3. The first-order valence-corrected chi connectivity index (χ1v) is 8.96. The fraction of sp³-hybridized carbons (Fsp3) is 0.0526. The average molecular weight is 444 g/mol. The second kappa shape index (κ2) is 9.05. The SMILES string of the molecule is O=C(/C=C/c1ccc(-n2cc(Br)cn2)c(F)c1)NCC(=O)Nc1cccnc1. The topological polar surface area (TPSA) is 88.9 Å². The molecule has 0 saturated heterocycles. The van der Waals surface area contributed by atoms with Crippen LogP contribution >= 0.6 is 15.9 Å². The van der Waals surface area contributed by atoms with Crippen LogP contribution in [0.25, 0.3) is 11.8 Å². The van der Waals surface area contributed by atoms with Crippen molar-refractivity contribution in [3.8, 4) is 5.69 Å². The molecule has 2 amide bonds. The van der Waals surface area contributed by atoms with E-state index in [1.54, 1.807) is 42.9 Å². The number of halogens is 2. The van der Waals surface area contributed by atoms with Crippen molar-refractivity contribution in [2.24, 2.45) is 0 Å². The lowest BCUT2D eigenvalue weighted by Gasteiger charge is -2.05. The molecule has 1 aromatic carbocycles. The van der Waals surface area contributed by atoms with E-state index in [0.717, 1.165) is 4.47 Å². The van der Waals surface area contributed by atoms with Crippen LogP contribution in [-0.2, 0) is 9.59 Å². The van der Waals surface area contributed by atoms with E-state index >= 15 is 0 Å². The molecule has 0 aliphatic heterocycles. The molecule has 28 heavy (non-hydrogen) atoms. The summed E-state index contributed by atoms with van der Waals surface area (Å²) in [5.41, 5.74) is 1.33. The van der Waals surface area contributed by atoms with E-state index in [1.165, 1.54) is 29.1 Å². The third-order valence-corrected chi connectivity index (χ3v) is 3.97. The van der Waals surface area contributed by atoms with Gasteiger partial charge in [-0.1, -0.05) is 6.07 Å². The molecule has 3 rings (SSSR count). The van der Waals surface area contributed by atoms with E-state index < -0.39 is 11.7 Å². The Morgan fingerprint density at radius 2 is 2.11 bits per heavy atom. The zero-order valence-corrected chi connectivity index (χ0v) is 16.1. The second-order valence-electron chi connectivity index (χ2n) is 5.65. The van der Waals surface area contributed by atoms with Crippen LogP contribution in [0.2, 0.25) is 0 Å². The summed E-state index contributed by atoms with van der Waals surface area (Å²) in [6.07, 6.45) is 8.97. The van der Waals surface area contributed by atoms with Gasteiger partial charge in [0.1, 0.15) is 11.5 Å². The van der Waals surface area contributed by atoms with Crippen molar-refractivity contribution in [2.75, 3.05) is 11.9 Å². The third-order valence-electron chi connectivity index (χ3n) is 3.57. The number of anilines is 1. The molecule has 0 aliphatic rings. The Morgan fingerprint density at radius 3 is 2.79 bits per heavy atom. The third kappa shape index (κ3) is 5.34. The zero-order chi connectivity index (χ0) is 19.9. The Morgan fingerprint density at radius 1 is 1.25 bits per heavy atom. The van der Waals surface area contributed by atoms with Gasteiger partial charge in [-0.25, -0.2) is 9.07 Å². The highest BCUT2D eigenvalue weighted by atomic mass is 79.9. The summed E-state index contributed by atoms with van der Waals surface area (Å²) in [4.78, 5) is 27.5. The Labute approximate surface area is 168 Å². The van der Waals surface area contributed by atoms with Gasteiger partial charge >= 0.3 is 0 Å². The van der Waals surface area contributed by atoms with Crippen LogP contribution in [0, 0.1) is 5.82 Å². The molecule has 142 valence electrons. The average Bonchev–Trinajstić information content (AvgIpc) is 3.11. The van der Waals surface area contributed by atoms with Crippen molar-refractivity contribution in [3.05, 3.63) is 77.0 Å². The standard InChI is InChI=1S/C19H15BrFN5O2/c20-14-9-24-26(12-14)17-5-3-13(8-16(17)21)4-6-18(27)23-11-19(28)25-15-2-1-7-22-10-15/h1-10,12H,11H2,(H,23,27)(H,25,28)/b6-4+. The zero-order valence-electron chi connectivity index (χ0n) is 14.5. The van der Waals surface area contributed by atoms with E-state index in [1.807, 2.05) is 0 Å². The molecule has 2 aromatic heterocycles. The molecule has 0 saturated carbocycles. The van der Waals surface area contributed by atoms with Gasteiger partial charge in [-0.3, -0.25) is 14.6 Å². The Hall–Kier alpha value is -3.33. The Kier molecular flexibility index (Phi) is 6.28. The van der Waals surface area contributed by atoms with E-state index in [4.69, 9.17) is 0 Å². The number of hydrogen-bond donors (Lipinski definition) is 2. The molecular formula is C19H15BrFN5O2. The molecule has 3 aromatic rings. The van der Waals surface area contributed by atoms with Crippen LogP contribution in [0.15, 0.2) is 65.7 Å². The maximum Gasteiger partial charge on any atom is 0.244 e. The maximum absolute atomic E-state index is 14.3. The first-order valence-electron chi connectivity index (χ1n) is 8.17. The smallest absolute Gasteiger partial charge is 0.244 e. The van der Waals surface area contributed by atoms with Crippen LogP contribution in [0.3, 0.4) is 0 Å². The molecule has 0 radical (unpaired) electrons. The van der Waals surface area contributed by atoms with Gasteiger partial charge in [-0.2, -0.15) is 5.10 Å². The number of aromatic nitrogens is 3. The number of carbonyl (C=O) groups is 2. The van der Waals surface area contributed by atoms with E-state index in [0.29, 0.717) is 16.9 Å². The number of hydrogen-bond acceptors (Lipinski definition) is 4. The molecule has 2 heterocycles. The largest absolute Gasteiger partial charge is 0.343 e. The summed E-state index contributed by atoms with van der Waals surface area (Å²) in [7, 11) is 0. The van der Waals surface area contributed by atoms with Crippen molar-refractivity contribution in [1.29, 1.82) is 0 Å². The highest BCUT2D eigenvalue weighted by Gasteiger charge is 2.07. The Bertz CT molecular complexity index is 1020. The molecule has 9 heteroatoms. The van der Waals surface area contributed by atoms with Crippen LogP contribution in [0.4, 0.5) is 10.1 Å². The number of rotatable bonds is 6. The molecule has 2 N–H and O–H groups in total. The molecule has 0 aliphatic carbocycles. The highest BCUT2D eigenvalue weighted by molar-refractivity contribution is 9.10. The fourth-order valence-corrected chi connectivity index (χ4v) is 2.57. The van der Waals surface area contributed by atoms with Gasteiger partial charge in [-0.05, 0) is 51.8 Å². The minimum Gasteiger partial charge on any atom is -0.343 e. The van der Waals surface area contributed by atoms with Crippen LogP contribution in [0.1, 0.15) is 5.56 Å². The second-order valence-corrected chi connectivity index (χ2v) is 6.57. The number of benzene rings is 1. The number of pyridine rings is 1. The van der Waals surface area contributed by atoms with Crippen molar-refractivity contribution in [1.82, 2.24) is 20.1 Å². The van der Waals surface area contributed by atoms with Gasteiger partial charge in [0.05, 0.1) is 29.1 Å². The fourth-order valence-electron chi connectivity index (χ4n) is 2.29. The monoisotopic (exact) mass is 443 g/mol. The molecule has 0 spiro atoms. The quantitative estimate of drug-likeness (QED) is 0.573. The number of amides is 2. The van der Waals surface area contributed by atoms with Gasteiger partial charge in [0.25, 0.3) is 0 Å². The highest BCUT2D eigenvalue weighted by Crippen LogP contribution is 2.17. The normalized spacial score (nSPS) is 10.8. The molecule has 0 unspecified atom stereocenters. The predicted molar refractivity (Wildman–Crippen MR) is 106 cm³/mol. The molecule has 0 bridgehead atoms. The lowest BCUT2D eigenvalue weighted by Crippen LogP contribution is -2.31. The van der Waals surface area contributed by atoms with Gasteiger partial charge in [0, 0.05) is 18.5 Å². The van der Waals surface area contributed by atoms with Gasteiger partial charge < -0.3 is 10.6 Å². The van der Waals surface area contributed by atoms with Crippen molar-refractivity contribution >= 4 is 39.5 Å². The predicted octanol–water partition coefficient (Wildman–Crippen LogP) is 2.94. The lowest BCUT2D eigenvalue weighted by atomic mass is 10.2. The minimum absolute atomic E-state index is 0.195. The van der Waals surface area contributed by atoms with E-state index in [9.17, 15) is 14.0 Å². The molecule has 0 atom stereocenters. The van der Waals surface area contributed by atoms with Crippen molar-refractivity contribution < 1.29 is 14.0 Å². The summed E-state index contributed by atoms with van der Waals surface area (Å²) < 4.78 is 16.4. The molecular weight excluding hydrogens is 429 g/mol. The lowest BCUT2D eigenvalue weighted by molar-refractivity contribution is -0.121. The summed E-state index contributed by atoms with van der Waals surface area (Å²) in [6, 6.07) is 7.89. The van der Waals surface area contributed by atoms with Crippen LogP contribution in [0.5, 0.6) is 0 Å². The Balaban J connectivity index is 1.54. The van der Waals surface area contributed by atoms with E-state index in [2.05, 4.69) is 36.6 Å². The van der Waals surface area contributed by atoms with Crippen LogP contribution < -0.4 is 10.6 Å². The number of nitrogens with one attached hydrogen (secondary N) is 2. The summed E-state index contributed by atoms with van der Waals surface area (Å²) >= 11 is 3.26. The van der Waals surface area contributed by atoms with E-state index in [-0.39, 0.29) is 12.5 Å². The summed E-state index contributed by atoms with van der Waals surface area (Å²) in [5, 5.41) is 9.08. The van der Waals surface area contributed by atoms with Crippen molar-refractivity contribution in [2.45, 2.75) is 0 Å². The first kappa shape index (κ1) is 19.4. The van der Waals surface area contributed by atoms with Gasteiger partial charge in [0.15, 0.2) is 0 Å². The maximum atomic E-state index is 14.3. The van der Waals surface area contributed by atoms with Crippen molar-refractivity contribution in [3.63, 3.8) is 0 Å². The molecule has 7 nitrogen and oxygen atoms in total. The first-order chi connectivity index (χ1) is 13.5. The summed E-state index contributed by atoms with van der Waals surface area (Å²) in [6.45, 7) is -0.195. The van der Waals surface area contributed by atoms with Gasteiger partial charge in [0.2, 0.25) is 11.8 Å². The number of carbonyl (C=O) groups excluding carboxylic acids is 2. The minimum atomic E-state index is -0.478. The van der Waals surface area contributed by atoms with Gasteiger partial charge in [-0.15, -0.1) is 0 Å². The molecule has 0 fully saturated rings.